The maximum absolute atomic E-state index is 3.73. The van der Waals surface area contributed by atoms with Gasteiger partial charge in [-0.25, -0.2) is 0 Å². The molecule has 110 valence electrons. The molecule has 0 unspecified atom stereocenters. The Balaban J connectivity index is 0.000000921. The Kier molecular flexibility index (Phi) is 10.3. The highest BCUT2D eigenvalue weighted by Gasteiger charge is 1.88. The molecule has 0 heteroatoms. The first kappa shape index (κ1) is 18.7. The van der Waals surface area contributed by atoms with Crippen LogP contribution in [0.4, 0.5) is 0 Å². The van der Waals surface area contributed by atoms with Gasteiger partial charge in [-0.15, -0.1) is 0 Å². The minimum absolute atomic E-state index is 1.02. The number of benzene rings is 2. The number of hydrogen-bond acceptors (Lipinski definition) is 0. The molecule has 2 rings (SSSR count). The average molecular weight is 278 g/mol. The monoisotopic (exact) mass is 278 g/mol. The second kappa shape index (κ2) is 11.6. The SMILES string of the molecule is C=Cc1ccc(C#Cc2ccc(C)cc2)cc1.CC.CC. The van der Waals surface area contributed by atoms with Crippen LogP contribution >= 0.6 is 0 Å². The third kappa shape index (κ3) is 7.18. The first-order chi connectivity index (χ1) is 10.3. The molecule has 0 spiro atoms. The Bertz CT molecular complexity index is 560. The van der Waals surface area contributed by atoms with Crippen LogP contribution in [-0.2, 0) is 0 Å². The van der Waals surface area contributed by atoms with Crippen molar-refractivity contribution >= 4 is 6.08 Å². The summed E-state index contributed by atoms with van der Waals surface area (Å²) < 4.78 is 0. The third-order valence-corrected chi connectivity index (χ3v) is 2.55. The van der Waals surface area contributed by atoms with Gasteiger partial charge in [0.15, 0.2) is 0 Å². The molecule has 0 atom stereocenters. The second-order valence-corrected chi connectivity index (χ2v) is 3.94. The van der Waals surface area contributed by atoms with E-state index in [9.17, 15) is 0 Å². The summed E-state index contributed by atoms with van der Waals surface area (Å²) in [5, 5.41) is 0. The predicted molar refractivity (Wildman–Crippen MR) is 96.4 cm³/mol. The molecular weight excluding hydrogens is 252 g/mol. The lowest BCUT2D eigenvalue weighted by Crippen LogP contribution is -1.77. The van der Waals surface area contributed by atoms with E-state index in [0.717, 1.165) is 16.7 Å². The predicted octanol–water partition coefficient (Wildman–Crippen LogP) is 6.09. The average Bonchev–Trinajstić information content (AvgIpc) is 2.58. The fourth-order valence-electron chi connectivity index (χ4n) is 1.48. The van der Waals surface area contributed by atoms with Gasteiger partial charge in [-0.1, -0.05) is 82.0 Å². The standard InChI is InChI=1S/C17H14.2C2H6/c1-3-15-8-10-17(11-9-15)13-12-16-6-4-14(2)5-7-16;2*1-2/h3-11H,1H2,2H3;2*1-2H3. The third-order valence-electron chi connectivity index (χ3n) is 2.55. The molecule has 0 nitrogen and oxygen atoms in total. The van der Waals surface area contributed by atoms with Crippen LogP contribution in [0.25, 0.3) is 6.08 Å². The zero-order valence-electron chi connectivity index (χ0n) is 13.9. The first-order valence-corrected chi connectivity index (χ1v) is 7.59. The summed E-state index contributed by atoms with van der Waals surface area (Å²) in [6.45, 7) is 13.8. The van der Waals surface area contributed by atoms with Crippen molar-refractivity contribution in [3.05, 3.63) is 77.4 Å². The van der Waals surface area contributed by atoms with Gasteiger partial charge >= 0.3 is 0 Å². The Hall–Kier alpha value is -2.26. The molecule has 0 aliphatic heterocycles. The quantitative estimate of drug-likeness (QED) is 0.554. The summed E-state index contributed by atoms with van der Waals surface area (Å²) in [5.41, 5.74) is 4.44. The molecule has 0 aliphatic carbocycles. The van der Waals surface area contributed by atoms with Gasteiger partial charge in [0.2, 0.25) is 0 Å². The molecule has 0 fully saturated rings. The van der Waals surface area contributed by atoms with Crippen molar-refractivity contribution in [3.63, 3.8) is 0 Å². The molecule has 0 radical (unpaired) electrons. The fraction of sp³-hybridized carbons (Fsp3) is 0.238. The van der Waals surface area contributed by atoms with Crippen molar-refractivity contribution in [1.82, 2.24) is 0 Å². The minimum Gasteiger partial charge on any atom is -0.0985 e. The van der Waals surface area contributed by atoms with Crippen molar-refractivity contribution in [1.29, 1.82) is 0 Å². The number of aryl methyl sites for hydroxylation is 1. The van der Waals surface area contributed by atoms with Gasteiger partial charge in [0.1, 0.15) is 0 Å². The van der Waals surface area contributed by atoms with Gasteiger partial charge in [-0.2, -0.15) is 0 Å². The van der Waals surface area contributed by atoms with E-state index in [1.165, 1.54) is 5.56 Å². The van der Waals surface area contributed by atoms with E-state index in [0.29, 0.717) is 0 Å². The zero-order chi connectivity index (χ0) is 16.1. The molecule has 0 heterocycles. The highest BCUT2D eigenvalue weighted by Crippen LogP contribution is 2.05. The van der Waals surface area contributed by atoms with Gasteiger partial charge in [0.25, 0.3) is 0 Å². The van der Waals surface area contributed by atoms with E-state index in [1.807, 2.05) is 70.2 Å². The number of hydrogen-bond donors (Lipinski definition) is 0. The Morgan fingerprint density at radius 1 is 0.714 bits per heavy atom. The van der Waals surface area contributed by atoms with E-state index in [2.05, 4.69) is 37.5 Å². The van der Waals surface area contributed by atoms with Crippen LogP contribution in [-0.4, -0.2) is 0 Å². The zero-order valence-corrected chi connectivity index (χ0v) is 13.9. The van der Waals surface area contributed by atoms with Crippen molar-refractivity contribution in [3.8, 4) is 11.8 Å². The maximum Gasteiger partial charge on any atom is 0.0249 e. The van der Waals surface area contributed by atoms with E-state index in [1.54, 1.807) is 0 Å². The molecule has 0 aliphatic rings. The Morgan fingerprint density at radius 2 is 1.10 bits per heavy atom. The summed E-state index contributed by atoms with van der Waals surface area (Å²) in [6, 6.07) is 16.3. The Labute approximate surface area is 130 Å². The highest BCUT2D eigenvalue weighted by atomic mass is 13.9. The van der Waals surface area contributed by atoms with E-state index >= 15 is 0 Å². The molecule has 2 aromatic carbocycles. The van der Waals surface area contributed by atoms with Crippen LogP contribution in [0.15, 0.2) is 55.1 Å². The van der Waals surface area contributed by atoms with Gasteiger partial charge in [-0.05, 0) is 36.8 Å². The lowest BCUT2D eigenvalue weighted by Gasteiger charge is -1.93. The van der Waals surface area contributed by atoms with Gasteiger partial charge < -0.3 is 0 Å². The van der Waals surface area contributed by atoms with Crippen molar-refractivity contribution in [2.75, 3.05) is 0 Å². The van der Waals surface area contributed by atoms with Crippen LogP contribution in [0.5, 0.6) is 0 Å². The molecule has 0 aromatic heterocycles. The Morgan fingerprint density at radius 3 is 1.48 bits per heavy atom. The van der Waals surface area contributed by atoms with Crippen LogP contribution < -0.4 is 0 Å². The topological polar surface area (TPSA) is 0 Å². The fourth-order valence-corrected chi connectivity index (χ4v) is 1.48. The smallest absolute Gasteiger partial charge is 0.0249 e. The van der Waals surface area contributed by atoms with Crippen LogP contribution in [0.1, 0.15) is 49.9 Å². The molecule has 0 N–H and O–H groups in total. The summed E-state index contributed by atoms with van der Waals surface area (Å²) in [7, 11) is 0. The molecule has 0 amide bonds. The first-order valence-electron chi connectivity index (χ1n) is 7.59. The van der Waals surface area contributed by atoms with E-state index in [4.69, 9.17) is 0 Å². The second-order valence-electron chi connectivity index (χ2n) is 3.94. The maximum atomic E-state index is 3.73. The number of rotatable bonds is 1. The normalized spacial score (nSPS) is 8.05. The summed E-state index contributed by atoms with van der Waals surface area (Å²) in [6.07, 6.45) is 1.83. The minimum atomic E-state index is 1.02. The van der Waals surface area contributed by atoms with Crippen LogP contribution in [0.2, 0.25) is 0 Å². The summed E-state index contributed by atoms with van der Waals surface area (Å²) >= 11 is 0. The summed E-state index contributed by atoms with van der Waals surface area (Å²) in [4.78, 5) is 0. The van der Waals surface area contributed by atoms with Crippen LogP contribution in [0.3, 0.4) is 0 Å². The van der Waals surface area contributed by atoms with E-state index in [-0.39, 0.29) is 0 Å². The van der Waals surface area contributed by atoms with Crippen molar-refractivity contribution in [2.45, 2.75) is 34.6 Å². The van der Waals surface area contributed by atoms with Crippen LogP contribution in [0, 0.1) is 18.8 Å². The molecule has 0 saturated carbocycles. The summed E-state index contributed by atoms with van der Waals surface area (Å²) in [5.74, 6) is 6.30. The van der Waals surface area contributed by atoms with Crippen molar-refractivity contribution in [2.24, 2.45) is 0 Å². The van der Waals surface area contributed by atoms with Gasteiger partial charge in [0, 0.05) is 11.1 Å². The molecule has 2 aromatic rings. The van der Waals surface area contributed by atoms with Gasteiger partial charge in [0.05, 0.1) is 0 Å². The molecule has 0 saturated heterocycles. The molecule has 0 bridgehead atoms. The highest BCUT2D eigenvalue weighted by molar-refractivity contribution is 5.50. The lowest BCUT2D eigenvalue weighted by molar-refractivity contribution is 1.46. The van der Waals surface area contributed by atoms with E-state index < -0.39 is 0 Å². The largest absolute Gasteiger partial charge is 0.0985 e. The van der Waals surface area contributed by atoms with Gasteiger partial charge in [-0.3, -0.25) is 0 Å². The molecular formula is C21H26. The molecule has 21 heavy (non-hydrogen) atoms. The van der Waals surface area contributed by atoms with Crippen molar-refractivity contribution < 1.29 is 0 Å². The lowest BCUT2D eigenvalue weighted by atomic mass is 10.1.